The highest BCUT2D eigenvalue weighted by Gasteiger charge is 2.18. The van der Waals surface area contributed by atoms with Crippen LogP contribution >= 0.6 is 0 Å². The monoisotopic (exact) mass is 351 g/mol. The van der Waals surface area contributed by atoms with Crippen molar-refractivity contribution in [3.63, 3.8) is 0 Å². The van der Waals surface area contributed by atoms with Gasteiger partial charge in [0.15, 0.2) is 5.82 Å². The van der Waals surface area contributed by atoms with Crippen molar-refractivity contribution in [2.24, 2.45) is 0 Å². The molecule has 2 aromatic heterocycles. The van der Waals surface area contributed by atoms with Crippen molar-refractivity contribution in [2.75, 3.05) is 20.2 Å². The lowest BCUT2D eigenvalue weighted by atomic mass is 10.1. The lowest BCUT2D eigenvalue weighted by Gasteiger charge is -2.19. The van der Waals surface area contributed by atoms with E-state index in [9.17, 15) is 4.79 Å². The molecule has 134 valence electrons. The standard InChI is InChI=1S/C19H21N5O2/c1-14-9-15(2)11-16(10-14)26-8-7-23(3)19(25)17-5-4-6-21-18(17)24-13-20-12-22-24/h4-6,9-13H,7-8H2,1-3H3. The zero-order valence-electron chi connectivity index (χ0n) is 15.1. The average Bonchev–Trinajstić information content (AvgIpc) is 3.14. The van der Waals surface area contributed by atoms with Gasteiger partial charge in [0.1, 0.15) is 25.0 Å². The number of rotatable bonds is 6. The molecule has 26 heavy (non-hydrogen) atoms. The summed E-state index contributed by atoms with van der Waals surface area (Å²) >= 11 is 0. The zero-order chi connectivity index (χ0) is 18.5. The van der Waals surface area contributed by atoms with Crippen LogP contribution in [0.1, 0.15) is 21.5 Å². The van der Waals surface area contributed by atoms with Gasteiger partial charge in [0.25, 0.3) is 5.91 Å². The van der Waals surface area contributed by atoms with Crippen LogP contribution in [-0.2, 0) is 0 Å². The Bertz CT molecular complexity index is 872. The third kappa shape index (κ3) is 4.05. The predicted octanol–water partition coefficient (Wildman–Crippen LogP) is 2.43. The Labute approximate surface area is 152 Å². The molecule has 3 aromatic rings. The molecule has 7 nitrogen and oxygen atoms in total. The number of likely N-dealkylation sites (N-methyl/N-ethyl adjacent to an activating group) is 1. The summed E-state index contributed by atoms with van der Waals surface area (Å²) in [6.45, 7) is 4.93. The molecule has 2 heterocycles. The van der Waals surface area contributed by atoms with Gasteiger partial charge in [0.2, 0.25) is 0 Å². The summed E-state index contributed by atoms with van der Waals surface area (Å²) in [4.78, 5) is 22.6. The molecule has 0 radical (unpaired) electrons. The van der Waals surface area contributed by atoms with E-state index in [0.29, 0.717) is 24.5 Å². The Morgan fingerprint density at radius 1 is 1.23 bits per heavy atom. The Kier molecular flexibility index (Phi) is 5.26. The van der Waals surface area contributed by atoms with Crippen LogP contribution in [0.3, 0.4) is 0 Å². The molecule has 0 bridgehead atoms. The van der Waals surface area contributed by atoms with Gasteiger partial charge in [-0.15, -0.1) is 0 Å². The Morgan fingerprint density at radius 3 is 2.69 bits per heavy atom. The first-order valence-corrected chi connectivity index (χ1v) is 8.31. The van der Waals surface area contributed by atoms with E-state index in [1.165, 1.54) is 17.3 Å². The molecular formula is C19H21N5O2. The number of ether oxygens (including phenoxy) is 1. The van der Waals surface area contributed by atoms with Crippen molar-refractivity contribution in [1.29, 1.82) is 0 Å². The second kappa shape index (κ2) is 7.77. The topological polar surface area (TPSA) is 73.1 Å². The van der Waals surface area contributed by atoms with Crippen LogP contribution in [-0.4, -0.2) is 50.8 Å². The van der Waals surface area contributed by atoms with Crippen molar-refractivity contribution in [3.05, 3.63) is 65.9 Å². The van der Waals surface area contributed by atoms with E-state index in [1.807, 2.05) is 26.0 Å². The van der Waals surface area contributed by atoms with E-state index in [4.69, 9.17) is 4.74 Å². The number of amides is 1. The molecule has 0 saturated carbocycles. The Hall–Kier alpha value is -3.22. The predicted molar refractivity (Wildman–Crippen MR) is 97.5 cm³/mol. The number of hydrogen-bond acceptors (Lipinski definition) is 5. The van der Waals surface area contributed by atoms with Crippen LogP contribution in [0.4, 0.5) is 0 Å². The molecule has 7 heteroatoms. The summed E-state index contributed by atoms with van der Waals surface area (Å²) in [7, 11) is 1.74. The molecule has 0 aliphatic rings. The fraction of sp³-hybridized carbons (Fsp3) is 0.263. The number of aryl methyl sites for hydroxylation is 2. The van der Waals surface area contributed by atoms with Gasteiger partial charge in [-0.2, -0.15) is 5.10 Å². The van der Waals surface area contributed by atoms with Gasteiger partial charge in [-0.3, -0.25) is 4.79 Å². The smallest absolute Gasteiger partial charge is 0.257 e. The maximum absolute atomic E-state index is 12.8. The van der Waals surface area contributed by atoms with E-state index in [1.54, 1.807) is 30.3 Å². The molecular weight excluding hydrogens is 330 g/mol. The van der Waals surface area contributed by atoms with Crippen LogP contribution in [0, 0.1) is 13.8 Å². The highest BCUT2D eigenvalue weighted by Crippen LogP contribution is 2.16. The minimum atomic E-state index is -0.146. The van der Waals surface area contributed by atoms with Crippen LogP contribution in [0.15, 0.2) is 49.2 Å². The van der Waals surface area contributed by atoms with Gasteiger partial charge in [-0.05, 0) is 49.2 Å². The number of benzene rings is 1. The maximum atomic E-state index is 12.8. The SMILES string of the molecule is Cc1cc(C)cc(OCCN(C)C(=O)c2cccnc2-n2cncn2)c1. The molecule has 1 aromatic carbocycles. The maximum Gasteiger partial charge on any atom is 0.257 e. The van der Waals surface area contributed by atoms with E-state index in [2.05, 4.69) is 21.1 Å². The number of aromatic nitrogens is 4. The number of carbonyl (C=O) groups excluding carboxylic acids is 1. The number of hydrogen-bond donors (Lipinski definition) is 0. The molecule has 3 rings (SSSR count). The first-order valence-electron chi connectivity index (χ1n) is 8.31. The van der Waals surface area contributed by atoms with E-state index in [-0.39, 0.29) is 5.91 Å². The molecule has 0 fully saturated rings. The third-order valence-electron chi connectivity index (χ3n) is 3.89. The van der Waals surface area contributed by atoms with E-state index < -0.39 is 0 Å². The van der Waals surface area contributed by atoms with Crippen molar-refractivity contribution < 1.29 is 9.53 Å². The largest absolute Gasteiger partial charge is 0.492 e. The first-order chi connectivity index (χ1) is 12.5. The quantitative estimate of drug-likeness (QED) is 0.682. The van der Waals surface area contributed by atoms with Crippen molar-refractivity contribution in [3.8, 4) is 11.6 Å². The summed E-state index contributed by atoms with van der Waals surface area (Å²) < 4.78 is 7.27. The fourth-order valence-corrected chi connectivity index (χ4v) is 2.69. The minimum absolute atomic E-state index is 0.146. The van der Waals surface area contributed by atoms with Gasteiger partial charge >= 0.3 is 0 Å². The average molecular weight is 351 g/mol. The summed E-state index contributed by atoms with van der Waals surface area (Å²) in [6.07, 6.45) is 4.55. The number of carbonyl (C=O) groups is 1. The molecule has 0 saturated heterocycles. The normalized spacial score (nSPS) is 10.6. The highest BCUT2D eigenvalue weighted by atomic mass is 16.5. The molecule has 1 amide bonds. The lowest BCUT2D eigenvalue weighted by Crippen LogP contribution is -2.31. The van der Waals surface area contributed by atoms with E-state index >= 15 is 0 Å². The highest BCUT2D eigenvalue weighted by molar-refractivity contribution is 5.96. The van der Waals surface area contributed by atoms with Crippen LogP contribution in [0.5, 0.6) is 5.75 Å². The summed E-state index contributed by atoms with van der Waals surface area (Å²) in [5, 5.41) is 4.05. The molecule has 0 spiro atoms. The minimum Gasteiger partial charge on any atom is -0.492 e. The summed E-state index contributed by atoms with van der Waals surface area (Å²) in [5.74, 6) is 1.12. The van der Waals surface area contributed by atoms with Gasteiger partial charge < -0.3 is 9.64 Å². The van der Waals surface area contributed by atoms with Crippen LogP contribution in [0.25, 0.3) is 5.82 Å². The fourth-order valence-electron chi connectivity index (χ4n) is 2.69. The van der Waals surface area contributed by atoms with Gasteiger partial charge in [-0.25, -0.2) is 14.6 Å². The Morgan fingerprint density at radius 2 is 2.00 bits per heavy atom. The van der Waals surface area contributed by atoms with Crippen molar-refractivity contribution in [1.82, 2.24) is 24.6 Å². The second-order valence-electron chi connectivity index (χ2n) is 6.11. The first kappa shape index (κ1) is 17.6. The van der Waals surface area contributed by atoms with E-state index in [0.717, 1.165) is 16.9 Å². The molecule has 0 N–H and O–H groups in total. The number of pyridine rings is 1. The van der Waals surface area contributed by atoms with Crippen LogP contribution < -0.4 is 4.74 Å². The Balaban J connectivity index is 1.65. The summed E-state index contributed by atoms with van der Waals surface area (Å²) in [5.41, 5.74) is 2.77. The number of nitrogens with zero attached hydrogens (tertiary/aromatic N) is 5. The molecule has 0 aliphatic heterocycles. The van der Waals surface area contributed by atoms with Gasteiger partial charge in [0.05, 0.1) is 12.1 Å². The summed E-state index contributed by atoms with van der Waals surface area (Å²) in [6, 6.07) is 9.52. The van der Waals surface area contributed by atoms with Crippen molar-refractivity contribution >= 4 is 5.91 Å². The van der Waals surface area contributed by atoms with Crippen molar-refractivity contribution in [2.45, 2.75) is 13.8 Å². The molecule has 0 atom stereocenters. The zero-order valence-corrected chi connectivity index (χ0v) is 15.1. The van der Waals surface area contributed by atoms with Gasteiger partial charge in [-0.1, -0.05) is 6.07 Å². The third-order valence-corrected chi connectivity index (χ3v) is 3.89. The van der Waals surface area contributed by atoms with Gasteiger partial charge in [0, 0.05) is 13.2 Å². The lowest BCUT2D eigenvalue weighted by molar-refractivity contribution is 0.0773. The second-order valence-corrected chi connectivity index (χ2v) is 6.11. The molecule has 0 unspecified atom stereocenters. The molecule has 0 aliphatic carbocycles. The van der Waals surface area contributed by atoms with Crippen LogP contribution in [0.2, 0.25) is 0 Å².